The Kier molecular flexibility index (Phi) is 5.52. The zero-order valence-corrected chi connectivity index (χ0v) is 14.9. The van der Waals surface area contributed by atoms with E-state index >= 15 is 0 Å². The van der Waals surface area contributed by atoms with Crippen molar-refractivity contribution in [2.45, 2.75) is 39.7 Å². The van der Waals surface area contributed by atoms with Crippen molar-refractivity contribution in [1.29, 1.82) is 0 Å². The minimum Gasteiger partial charge on any atom is -0.463 e. The van der Waals surface area contributed by atoms with Crippen LogP contribution in [-0.2, 0) is 26.3 Å². The predicted octanol–water partition coefficient (Wildman–Crippen LogP) is 3.46. The molecule has 0 atom stereocenters. The summed E-state index contributed by atoms with van der Waals surface area (Å²) in [7, 11) is 0. The lowest BCUT2D eigenvalue weighted by molar-refractivity contribution is -0.137. The van der Waals surface area contributed by atoms with E-state index in [0.717, 1.165) is 5.56 Å². The molecule has 1 amide bonds. The van der Waals surface area contributed by atoms with Gasteiger partial charge in [-0.3, -0.25) is 4.79 Å². The van der Waals surface area contributed by atoms with Crippen LogP contribution in [-0.4, -0.2) is 29.1 Å². The summed E-state index contributed by atoms with van der Waals surface area (Å²) in [6, 6.07) is 8.27. The normalized spacial score (nSPS) is 17.0. The number of ether oxygens (including phenoxy) is 1. The molecule has 0 aliphatic carbocycles. The van der Waals surface area contributed by atoms with Gasteiger partial charge in [0, 0.05) is 0 Å². The average molecular weight is 333 g/mol. The van der Waals surface area contributed by atoms with E-state index < -0.39 is 5.97 Å². The third kappa shape index (κ3) is 4.61. The minimum absolute atomic E-state index is 0.0189. The maximum absolute atomic E-state index is 12.1. The van der Waals surface area contributed by atoms with E-state index in [1.807, 2.05) is 12.1 Å². The monoisotopic (exact) mass is 333 g/mol. The Morgan fingerprint density at radius 1 is 1.30 bits per heavy atom. The Hall–Kier alpha value is -1.75. The third-order valence-corrected chi connectivity index (χ3v) is 4.62. The number of hydrogen-bond acceptors (Lipinski definition) is 4. The highest BCUT2D eigenvalue weighted by atomic mass is 32.2. The van der Waals surface area contributed by atoms with Crippen molar-refractivity contribution in [3.63, 3.8) is 0 Å². The van der Waals surface area contributed by atoms with Crippen LogP contribution in [0.3, 0.4) is 0 Å². The van der Waals surface area contributed by atoms with Crippen LogP contribution in [0.5, 0.6) is 0 Å². The van der Waals surface area contributed by atoms with E-state index in [2.05, 4.69) is 32.9 Å². The van der Waals surface area contributed by atoms with Gasteiger partial charge in [-0.25, -0.2) is 4.79 Å². The summed E-state index contributed by atoms with van der Waals surface area (Å²) in [5.74, 6) is -0.0195. The lowest BCUT2D eigenvalue weighted by atomic mass is 9.87. The molecule has 1 aromatic rings. The molecule has 5 heteroatoms. The molecule has 2 rings (SSSR count). The number of thioether (sulfide) groups is 1. The van der Waals surface area contributed by atoms with E-state index in [-0.39, 0.29) is 11.3 Å². The summed E-state index contributed by atoms with van der Waals surface area (Å²) < 4.78 is 4.92. The van der Waals surface area contributed by atoms with Gasteiger partial charge in [0.15, 0.2) is 0 Å². The molecule has 1 aromatic carbocycles. The van der Waals surface area contributed by atoms with E-state index in [4.69, 9.17) is 4.74 Å². The maximum atomic E-state index is 12.1. The van der Waals surface area contributed by atoms with E-state index in [1.54, 1.807) is 11.8 Å². The lowest BCUT2D eigenvalue weighted by Crippen LogP contribution is -2.24. The van der Waals surface area contributed by atoms with Crippen LogP contribution in [0.15, 0.2) is 35.4 Å². The van der Waals surface area contributed by atoms with Crippen LogP contribution in [0, 0.1) is 0 Å². The van der Waals surface area contributed by atoms with Gasteiger partial charge in [0.25, 0.3) is 0 Å². The molecule has 0 spiro atoms. The topological polar surface area (TPSA) is 46.6 Å². The SMILES string of the molecule is CCOC(=O)/C=C1/SCC(=O)N1Cc1ccc(C(C)(C)C)cc1. The molecule has 23 heavy (non-hydrogen) atoms. The van der Waals surface area contributed by atoms with Gasteiger partial charge in [-0.1, -0.05) is 56.8 Å². The highest BCUT2D eigenvalue weighted by Gasteiger charge is 2.27. The van der Waals surface area contributed by atoms with Crippen molar-refractivity contribution in [2.75, 3.05) is 12.4 Å². The van der Waals surface area contributed by atoms with Crippen molar-refractivity contribution in [1.82, 2.24) is 4.90 Å². The molecule has 1 aliphatic rings. The molecule has 0 aromatic heterocycles. The molecule has 1 fully saturated rings. The maximum Gasteiger partial charge on any atom is 0.333 e. The first-order valence-electron chi connectivity index (χ1n) is 7.72. The summed E-state index contributed by atoms with van der Waals surface area (Å²) in [4.78, 5) is 25.3. The van der Waals surface area contributed by atoms with Crippen LogP contribution in [0.1, 0.15) is 38.8 Å². The number of carbonyl (C=O) groups is 2. The fourth-order valence-corrected chi connectivity index (χ4v) is 3.21. The van der Waals surface area contributed by atoms with Gasteiger partial charge >= 0.3 is 5.97 Å². The Morgan fingerprint density at radius 2 is 1.96 bits per heavy atom. The number of carbonyl (C=O) groups excluding carboxylic acids is 2. The molecule has 0 radical (unpaired) electrons. The Labute approximate surface area is 141 Å². The van der Waals surface area contributed by atoms with Gasteiger partial charge < -0.3 is 9.64 Å². The van der Waals surface area contributed by atoms with E-state index in [0.29, 0.717) is 23.9 Å². The molecule has 0 N–H and O–H groups in total. The van der Waals surface area contributed by atoms with Crippen molar-refractivity contribution in [3.05, 3.63) is 46.5 Å². The molecule has 1 heterocycles. The first kappa shape index (κ1) is 17.6. The minimum atomic E-state index is -0.405. The second-order valence-corrected chi connectivity index (χ2v) is 7.45. The van der Waals surface area contributed by atoms with Crippen LogP contribution in [0.4, 0.5) is 0 Å². The van der Waals surface area contributed by atoms with Crippen molar-refractivity contribution < 1.29 is 14.3 Å². The van der Waals surface area contributed by atoms with Gasteiger partial charge in [0.05, 0.1) is 30.0 Å². The van der Waals surface area contributed by atoms with Crippen LogP contribution in [0.25, 0.3) is 0 Å². The Bertz CT molecular complexity index is 614. The molecule has 0 unspecified atom stereocenters. The van der Waals surface area contributed by atoms with Crippen LogP contribution >= 0.6 is 11.8 Å². The van der Waals surface area contributed by atoms with Gasteiger partial charge in [-0.15, -0.1) is 0 Å². The number of amides is 1. The first-order valence-corrected chi connectivity index (χ1v) is 8.71. The molecule has 4 nitrogen and oxygen atoms in total. The Morgan fingerprint density at radius 3 is 2.52 bits per heavy atom. The second-order valence-electron chi connectivity index (χ2n) is 6.45. The summed E-state index contributed by atoms with van der Waals surface area (Å²) in [5, 5.41) is 0.661. The summed E-state index contributed by atoms with van der Waals surface area (Å²) in [6.07, 6.45) is 1.41. The summed E-state index contributed by atoms with van der Waals surface area (Å²) in [6.45, 7) is 9.07. The molecular weight excluding hydrogens is 310 g/mol. The zero-order valence-electron chi connectivity index (χ0n) is 14.1. The van der Waals surface area contributed by atoms with Gasteiger partial charge in [-0.2, -0.15) is 0 Å². The standard InChI is InChI=1S/C18H23NO3S/c1-5-22-17(21)10-16-19(15(20)12-23-16)11-13-6-8-14(9-7-13)18(2,3)4/h6-10H,5,11-12H2,1-4H3/b16-10+. The summed E-state index contributed by atoms with van der Waals surface area (Å²) >= 11 is 1.38. The Balaban J connectivity index is 2.13. The second kappa shape index (κ2) is 7.21. The number of benzene rings is 1. The quantitative estimate of drug-likeness (QED) is 0.625. The number of nitrogens with zero attached hydrogens (tertiary/aromatic N) is 1. The predicted molar refractivity (Wildman–Crippen MR) is 92.9 cm³/mol. The number of rotatable bonds is 4. The van der Waals surface area contributed by atoms with Gasteiger partial charge in [0.1, 0.15) is 0 Å². The van der Waals surface area contributed by atoms with Gasteiger partial charge in [0.2, 0.25) is 5.91 Å². The van der Waals surface area contributed by atoms with Crippen molar-refractivity contribution >= 4 is 23.6 Å². The molecular formula is C18H23NO3S. The number of esters is 1. The third-order valence-electron chi connectivity index (χ3n) is 3.60. The number of hydrogen-bond donors (Lipinski definition) is 0. The van der Waals surface area contributed by atoms with E-state index in [9.17, 15) is 9.59 Å². The fourth-order valence-electron chi connectivity index (χ4n) is 2.28. The molecule has 0 saturated carbocycles. The molecule has 0 bridgehead atoms. The smallest absolute Gasteiger partial charge is 0.333 e. The molecule has 1 saturated heterocycles. The van der Waals surface area contributed by atoms with Crippen LogP contribution in [0.2, 0.25) is 0 Å². The largest absolute Gasteiger partial charge is 0.463 e. The molecule has 1 aliphatic heterocycles. The first-order chi connectivity index (χ1) is 10.8. The average Bonchev–Trinajstić information content (AvgIpc) is 2.80. The van der Waals surface area contributed by atoms with Crippen molar-refractivity contribution in [2.24, 2.45) is 0 Å². The summed E-state index contributed by atoms with van der Waals surface area (Å²) in [5.41, 5.74) is 2.40. The van der Waals surface area contributed by atoms with Crippen molar-refractivity contribution in [3.8, 4) is 0 Å². The van der Waals surface area contributed by atoms with Gasteiger partial charge in [-0.05, 0) is 23.5 Å². The fraction of sp³-hybridized carbons (Fsp3) is 0.444. The van der Waals surface area contributed by atoms with Crippen LogP contribution < -0.4 is 0 Å². The highest BCUT2D eigenvalue weighted by molar-refractivity contribution is 8.04. The lowest BCUT2D eigenvalue weighted by Gasteiger charge is -2.21. The molecule has 124 valence electrons. The highest BCUT2D eigenvalue weighted by Crippen LogP contribution is 2.31. The van der Waals surface area contributed by atoms with E-state index in [1.165, 1.54) is 23.4 Å². The zero-order chi connectivity index (χ0) is 17.0.